The van der Waals surface area contributed by atoms with E-state index < -0.39 is 103 Å². The van der Waals surface area contributed by atoms with E-state index in [1.54, 1.807) is 13.8 Å². The zero-order chi connectivity index (χ0) is 37.3. The molecule has 0 saturated carbocycles. The molecule has 2 heterocycles. The van der Waals surface area contributed by atoms with Crippen LogP contribution in [0.25, 0.3) is 0 Å². The third kappa shape index (κ3) is 10.9. The smallest absolute Gasteiger partial charge is 0.305 e. The highest BCUT2D eigenvalue weighted by atomic mass is 16.4. The number of hydrogen-bond donors (Lipinski definition) is 9. The molecule has 0 aromatic heterocycles. The van der Waals surface area contributed by atoms with E-state index in [1.165, 1.54) is 36.1 Å². The maximum absolute atomic E-state index is 14.0. The van der Waals surface area contributed by atoms with Crippen LogP contribution in [0, 0.1) is 5.92 Å². The highest BCUT2D eigenvalue weighted by Gasteiger charge is 2.41. The van der Waals surface area contributed by atoms with Crippen molar-refractivity contribution in [3.8, 4) is 5.75 Å². The Kier molecular flexibility index (Phi) is 13.6. The minimum absolute atomic E-state index is 0.0429. The second kappa shape index (κ2) is 17.4. The van der Waals surface area contributed by atoms with Crippen LogP contribution < -0.4 is 26.6 Å². The van der Waals surface area contributed by atoms with Gasteiger partial charge in [0.25, 0.3) is 0 Å². The van der Waals surface area contributed by atoms with Crippen molar-refractivity contribution in [2.24, 2.45) is 5.92 Å². The van der Waals surface area contributed by atoms with Crippen LogP contribution in [0.4, 0.5) is 0 Å². The normalized spacial score (nSPS) is 26.4. The number of aliphatic hydroxyl groups excluding tert-OH is 1. The van der Waals surface area contributed by atoms with Crippen LogP contribution >= 0.6 is 0 Å². The van der Waals surface area contributed by atoms with E-state index in [4.69, 9.17) is 0 Å². The number of hydrogen-bond acceptors (Lipinski definition) is 10. The number of carbonyl (C=O) groups is 8. The first-order chi connectivity index (χ1) is 23.5. The first-order valence-electron chi connectivity index (χ1n) is 16.2. The first kappa shape index (κ1) is 39.2. The van der Waals surface area contributed by atoms with Crippen molar-refractivity contribution in [2.45, 2.75) is 102 Å². The highest BCUT2D eigenvalue weighted by molar-refractivity contribution is 5.99. The van der Waals surface area contributed by atoms with Gasteiger partial charge in [-0.15, -0.1) is 0 Å². The Labute approximate surface area is 287 Å². The highest BCUT2D eigenvalue weighted by Crippen LogP contribution is 2.21. The molecule has 274 valence electrons. The van der Waals surface area contributed by atoms with Gasteiger partial charge in [-0.25, -0.2) is 0 Å². The van der Waals surface area contributed by atoms with E-state index in [2.05, 4.69) is 26.6 Å². The van der Waals surface area contributed by atoms with Crippen LogP contribution in [0.1, 0.15) is 58.4 Å². The summed E-state index contributed by atoms with van der Waals surface area (Å²) < 4.78 is 0. The summed E-state index contributed by atoms with van der Waals surface area (Å²) in [6, 6.07) is -3.57. The lowest BCUT2D eigenvalue weighted by Crippen LogP contribution is -2.63. The molecule has 6 amide bonds. The van der Waals surface area contributed by atoms with Crippen LogP contribution in [-0.2, 0) is 44.8 Å². The van der Waals surface area contributed by atoms with E-state index in [-0.39, 0.29) is 37.5 Å². The summed E-state index contributed by atoms with van der Waals surface area (Å²) in [6.45, 7) is 4.63. The molecule has 0 aliphatic carbocycles. The molecule has 18 heteroatoms. The second-order valence-corrected chi connectivity index (χ2v) is 12.9. The molecule has 3 rings (SSSR count). The summed E-state index contributed by atoms with van der Waals surface area (Å²) in [5, 5.41) is 51.1. The molecule has 9 N–H and O–H groups in total. The third-order valence-electron chi connectivity index (χ3n) is 8.26. The van der Waals surface area contributed by atoms with Gasteiger partial charge in [0.2, 0.25) is 35.4 Å². The molecule has 1 aromatic carbocycles. The minimum Gasteiger partial charge on any atom is -0.508 e. The molecule has 7 atom stereocenters. The number of carbonyl (C=O) groups excluding carboxylic acids is 6. The zero-order valence-corrected chi connectivity index (χ0v) is 27.9. The lowest BCUT2D eigenvalue weighted by molar-refractivity contribution is -0.145. The molecule has 50 heavy (non-hydrogen) atoms. The number of aliphatic carboxylic acids is 2. The van der Waals surface area contributed by atoms with Crippen molar-refractivity contribution in [1.82, 2.24) is 31.5 Å². The van der Waals surface area contributed by atoms with Crippen LogP contribution in [0.5, 0.6) is 5.75 Å². The Hall–Kier alpha value is -5.26. The number of fused-ring (bicyclic) bond motifs is 1. The van der Waals surface area contributed by atoms with Gasteiger partial charge in [-0.05, 0) is 49.8 Å². The number of aliphatic hydroxyl groups is 1. The Morgan fingerprint density at radius 1 is 0.740 bits per heavy atom. The maximum atomic E-state index is 14.0. The molecular formula is C32H44N6O12. The maximum Gasteiger partial charge on any atom is 0.305 e. The molecule has 0 radical (unpaired) electrons. The number of benzene rings is 1. The second-order valence-electron chi connectivity index (χ2n) is 12.9. The van der Waals surface area contributed by atoms with E-state index >= 15 is 0 Å². The molecule has 1 aromatic rings. The number of nitrogens with zero attached hydrogens (tertiary/aromatic N) is 1. The van der Waals surface area contributed by atoms with Gasteiger partial charge in [-0.1, -0.05) is 26.0 Å². The van der Waals surface area contributed by atoms with Crippen molar-refractivity contribution in [3.63, 3.8) is 0 Å². The van der Waals surface area contributed by atoms with Gasteiger partial charge in [0.15, 0.2) is 0 Å². The number of carboxylic acids is 2. The fourth-order valence-corrected chi connectivity index (χ4v) is 5.77. The van der Waals surface area contributed by atoms with Crippen molar-refractivity contribution in [2.75, 3.05) is 6.54 Å². The summed E-state index contributed by atoms with van der Waals surface area (Å²) >= 11 is 0. The molecule has 18 nitrogen and oxygen atoms in total. The van der Waals surface area contributed by atoms with E-state index in [9.17, 15) is 58.8 Å². The molecule has 0 bridgehead atoms. The molecule has 2 fully saturated rings. The van der Waals surface area contributed by atoms with Gasteiger partial charge < -0.3 is 51.9 Å². The van der Waals surface area contributed by atoms with Crippen LogP contribution in [0.15, 0.2) is 24.3 Å². The lowest BCUT2D eigenvalue weighted by Gasteiger charge is -2.32. The molecule has 2 aliphatic heterocycles. The van der Waals surface area contributed by atoms with E-state index in [1.807, 2.05) is 0 Å². The number of phenols is 1. The van der Waals surface area contributed by atoms with Gasteiger partial charge in [0.1, 0.15) is 42.0 Å². The molecule has 0 spiro atoms. The number of nitrogens with one attached hydrogen (secondary N) is 5. The average Bonchev–Trinajstić information content (AvgIpc) is 3.52. The van der Waals surface area contributed by atoms with Crippen LogP contribution in [0.3, 0.4) is 0 Å². The van der Waals surface area contributed by atoms with E-state index in [0.717, 1.165) is 0 Å². The largest absolute Gasteiger partial charge is 0.508 e. The number of carboxylic acid groups (broad SMARTS) is 2. The monoisotopic (exact) mass is 704 g/mol. The van der Waals surface area contributed by atoms with Crippen molar-refractivity contribution in [1.29, 1.82) is 0 Å². The minimum atomic E-state index is -1.81. The predicted molar refractivity (Wildman–Crippen MR) is 172 cm³/mol. The van der Waals surface area contributed by atoms with Gasteiger partial charge >= 0.3 is 11.9 Å². The van der Waals surface area contributed by atoms with Crippen LogP contribution in [-0.4, -0.2) is 122 Å². The number of phenolic OH excluding ortho intramolecular Hbond substituents is 1. The molecule has 0 unspecified atom stereocenters. The molecule has 2 saturated heterocycles. The van der Waals surface area contributed by atoms with E-state index in [0.29, 0.717) is 12.0 Å². The topological polar surface area (TPSA) is 281 Å². The fourth-order valence-electron chi connectivity index (χ4n) is 5.77. The quantitative estimate of drug-likeness (QED) is 0.132. The third-order valence-corrected chi connectivity index (χ3v) is 8.26. The van der Waals surface area contributed by atoms with Crippen LogP contribution in [0.2, 0.25) is 0 Å². The summed E-state index contributed by atoms with van der Waals surface area (Å²) in [4.78, 5) is 106. The Morgan fingerprint density at radius 3 is 1.78 bits per heavy atom. The SMILES string of the molecule is CC(C)C[C@@H]1NC(=O)[C@@H](CC(=O)O)NC(=O)[C@H]2CCCN2C(=O)[C@@H](Cc2ccc(O)cc2)NC(=O)[C@H]([C@@H](C)O)NC(=O)[C@@H](CC(=O)O)NC1=O. The molecular weight excluding hydrogens is 660 g/mol. The average molecular weight is 705 g/mol. The van der Waals surface area contributed by atoms with Crippen molar-refractivity contribution >= 4 is 47.4 Å². The Morgan fingerprint density at radius 2 is 1.24 bits per heavy atom. The standard InChI is InChI=1S/C32H44N6O12/c1-15(2)11-19-27(45)34-21(14-25(43)44)29(47)37-26(16(3)39)31(49)36-22(12-17-6-8-18(40)9-7-17)32(50)38-10-4-5-23(38)30(48)35-20(13-24(41)42)28(46)33-19/h6-9,15-16,19-23,26,39-40H,4-5,10-14H2,1-3H3,(H,33,46)(H,34,45)(H,35,48)(H,36,49)(H,37,47)(H,41,42)(H,43,44)/t16-,19+,20-,21-,22-,23-,26+/m1/s1. The van der Waals surface area contributed by atoms with Gasteiger partial charge in [-0.3, -0.25) is 38.4 Å². The van der Waals surface area contributed by atoms with Crippen molar-refractivity contribution < 1.29 is 58.8 Å². The fraction of sp³-hybridized carbons (Fsp3) is 0.562. The first-order valence-corrected chi connectivity index (χ1v) is 16.2. The van der Waals surface area contributed by atoms with Gasteiger partial charge in [0, 0.05) is 13.0 Å². The van der Waals surface area contributed by atoms with Gasteiger partial charge in [0.05, 0.1) is 18.9 Å². The Bertz CT molecular complexity index is 1470. The van der Waals surface area contributed by atoms with Crippen molar-refractivity contribution in [3.05, 3.63) is 29.8 Å². The summed E-state index contributed by atoms with van der Waals surface area (Å²) in [6.07, 6.45) is -3.18. The van der Waals surface area contributed by atoms with Gasteiger partial charge in [-0.2, -0.15) is 0 Å². The predicted octanol–water partition coefficient (Wildman–Crippen LogP) is -2.26. The molecule has 2 aliphatic rings. The zero-order valence-electron chi connectivity index (χ0n) is 27.9. The number of amides is 6. The lowest BCUT2D eigenvalue weighted by atomic mass is 10.0. The number of aromatic hydroxyl groups is 1. The Balaban J connectivity index is 2.11. The summed E-state index contributed by atoms with van der Waals surface area (Å²) in [5.74, 6) is -9.16. The summed E-state index contributed by atoms with van der Waals surface area (Å²) in [7, 11) is 0. The summed E-state index contributed by atoms with van der Waals surface area (Å²) in [5.41, 5.74) is 0.472. The number of rotatable bonds is 9.